The maximum atomic E-state index is 11.4. The number of carbonyl (C=O) groups is 1. The summed E-state index contributed by atoms with van der Waals surface area (Å²) in [6, 6.07) is 10.6. The number of carbonyl (C=O) groups excluding carboxylic acids is 1. The van der Waals surface area contributed by atoms with Crippen LogP contribution < -0.4 is 15.8 Å². The molecule has 1 unspecified atom stereocenters. The molecule has 3 N–H and O–H groups in total. The van der Waals surface area contributed by atoms with Crippen LogP contribution in [0.5, 0.6) is 5.75 Å². The van der Waals surface area contributed by atoms with E-state index < -0.39 is 0 Å². The van der Waals surface area contributed by atoms with Gasteiger partial charge in [0, 0.05) is 9.50 Å². The quantitative estimate of drug-likeness (QED) is 0.854. The van der Waals surface area contributed by atoms with Crippen LogP contribution in [0.3, 0.4) is 0 Å². The third kappa shape index (κ3) is 2.90. The summed E-state index contributed by atoms with van der Waals surface area (Å²) in [5.41, 5.74) is 8.59. The zero-order valence-corrected chi connectivity index (χ0v) is 13.2. The zero-order valence-electron chi connectivity index (χ0n) is 10.9. The minimum atomic E-state index is -0.390. The Morgan fingerprint density at radius 2 is 2.10 bits per heavy atom. The number of ether oxygens (including phenoxy) is 1. The molecule has 3 rings (SSSR count). The van der Waals surface area contributed by atoms with E-state index in [1.165, 1.54) is 0 Å². The highest BCUT2D eigenvalue weighted by molar-refractivity contribution is 9.10. The standard InChI is InChI=1S/C15H12BrClN2O2/c16-9-2-3-11(17)10(6-9)15(18)8-1-4-13-12(5-8)19-14(20)7-21-13/h1-6,15H,7,18H2,(H,19,20). The van der Waals surface area contributed by atoms with Crippen LogP contribution in [0.4, 0.5) is 5.69 Å². The SMILES string of the molecule is NC(c1ccc2c(c1)NC(=O)CO2)c1cc(Br)ccc1Cl. The van der Waals surface area contributed by atoms with Crippen molar-refractivity contribution in [3.63, 3.8) is 0 Å². The molecule has 1 aliphatic heterocycles. The predicted molar refractivity (Wildman–Crippen MR) is 85.7 cm³/mol. The molecule has 0 fully saturated rings. The molecule has 1 heterocycles. The van der Waals surface area contributed by atoms with Gasteiger partial charge in [0.25, 0.3) is 5.91 Å². The Morgan fingerprint density at radius 1 is 1.29 bits per heavy atom. The van der Waals surface area contributed by atoms with Crippen molar-refractivity contribution in [3.8, 4) is 5.75 Å². The number of nitrogens with one attached hydrogen (secondary N) is 1. The predicted octanol–water partition coefficient (Wildman–Crippen LogP) is 3.48. The Bertz CT molecular complexity index is 721. The molecule has 1 amide bonds. The second kappa shape index (κ2) is 5.67. The van der Waals surface area contributed by atoms with Crippen molar-refractivity contribution in [2.24, 2.45) is 5.73 Å². The molecule has 6 heteroatoms. The van der Waals surface area contributed by atoms with Crippen molar-refractivity contribution in [2.75, 3.05) is 11.9 Å². The van der Waals surface area contributed by atoms with Crippen LogP contribution in [-0.2, 0) is 4.79 Å². The van der Waals surface area contributed by atoms with Gasteiger partial charge in [-0.2, -0.15) is 0 Å². The van der Waals surface area contributed by atoms with Crippen molar-refractivity contribution in [2.45, 2.75) is 6.04 Å². The fourth-order valence-electron chi connectivity index (χ4n) is 2.23. The molecule has 108 valence electrons. The van der Waals surface area contributed by atoms with Crippen LogP contribution in [-0.4, -0.2) is 12.5 Å². The Morgan fingerprint density at radius 3 is 2.90 bits per heavy atom. The van der Waals surface area contributed by atoms with Crippen LogP contribution in [0.1, 0.15) is 17.2 Å². The van der Waals surface area contributed by atoms with Crippen LogP contribution in [0.25, 0.3) is 0 Å². The van der Waals surface area contributed by atoms with Crippen LogP contribution in [0.15, 0.2) is 40.9 Å². The van der Waals surface area contributed by atoms with Gasteiger partial charge >= 0.3 is 0 Å². The summed E-state index contributed by atoms with van der Waals surface area (Å²) >= 11 is 9.63. The lowest BCUT2D eigenvalue weighted by Crippen LogP contribution is -2.25. The van der Waals surface area contributed by atoms with Crippen LogP contribution in [0, 0.1) is 0 Å². The van der Waals surface area contributed by atoms with Crippen LogP contribution >= 0.6 is 27.5 Å². The number of halogens is 2. The molecule has 2 aromatic carbocycles. The van der Waals surface area contributed by atoms with Crippen molar-refractivity contribution in [1.29, 1.82) is 0 Å². The van der Waals surface area contributed by atoms with E-state index in [-0.39, 0.29) is 18.6 Å². The highest BCUT2D eigenvalue weighted by Gasteiger charge is 2.19. The molecule has 2 aromatic rings. The molecule has 0 saturated heterocycles. The molecule has 0 spiro atoms. The first-order chi connectivity index (χ1) is 10.0. The van der Waals surface area contributed by atoms with Gasteiger partial charge in [0.15, 0.2) is 6.61 Å². The Hall–Kier alpha value is -1.56. The first-order valence-corrected chi connectivity index (χ1v) is 7.49. The van der Waals surface area contributed by atoms with E-state index >= 15 is 0 Å². The lowest BCUT2D eigenvalue weighted by molar-refractivity contribution is -0.118. The maximum absolute atomic E-state index is 11.4. The topological polar surface area (TPSA) is 64.3 Å². The largest absolute Gasteiger partial charge is 0.482 e. The van der Waals surface area contributed by atoms with E-state index in [4.69, 9.17) is 22.1 Å². The molecule has 0 bridgehead atoms. The molecule has 0 aromatic heterocycles. The highest BCUT2D eigenvalue weighted by atomic mass is 79.9. The van der Waals surface area contributed by atoms with Gasteiger partial charge in [-0.1, -0.05) is 33.6 Å². The molecule has 0 saturated carbocycles. The average molecular weight is 368 g/mol. The number of nitrogens with two attached hydrogens (primary N) is 1. The van der Waals surface area contributed by atoms with Gasteiger partial charge in [0.2, 0.25) is 0 Å². The highest BCUT2D eigenvalue weighted by Crippen LogP contribution is 2.34. The summed E-state index contributed by atoms with van der Waals surface area (Å²) in [5.74, 6) is 0.472. The monoisotopic (exact) mass is 366 g/mol. The number of benzene rings is 2. The van der Waals surface area contributed by atoms with Gasteiger partial charge in [-0.05, 0) is 41.5 Å². The van der Waals surface area contributed by atoms with Gasteiger partial charge in [0.05, 0.1) is 11.7 Å². The maximum Gasteiger partial charge on any atom is 0.262 e. The lowest BCUT2D eigenvalue weighted by atomic mass is 9.98. The summed E-state index contributed by atoms with van der Waals surface area (Å²) in [7, 11) is 0. The minimum Gasteiger partial charge on any atom is -0.482 e. The number of hydrogen-bond donors (Lipinski definition) is 2. The summed E-state index contributed by atoms with van der Waals surface area (Å²) < 4.78 is 6.24. The van der Waals surface area contributed by atoms with E-state index in [9.17, 15) is 4.79 Å². The van der Waals surface area contributed by atoms with Crippen molar-refractivity contribution in [3.05, 3.63) is 57.0 Å². The minimum absolute atomic E-state index is 0.0376. The molecule has 0 aliphatic carbocycles. The fraction of sp³-hybridized carbons (Fsp3) is 0.133. The van der Waals surface area contributed by atoms with E-state index in [0.717, 1.165) is 15.6 Å². The molecular weight excluding hydrogens is 356 g/mol. The van der Waals surface area contributed by atoms with Gasteiger partial charge in [-0.3, -0.25) is 4.79 Å². The molecule has 1 atom stereocenters. The zero-order chi connectivity index (χ0) is 15.0. The van der Waals surface area contributed by atoms with Crippen LogP contribution in [0.2, 0.25) is 5.02 Å². The second-order valence-corrected chi connectivity index (χ2v) is 6.06. The average Bonchev–Trinajstić information content (AvgIpc) is 2.48. The normalized spacial score (nSPS) is 14.9. The summed E-state index contributed by atoms with van der Waals surface area (Å²) in [5, 5.41) is 3.37. The van der Waals surface area contributed by atoms with Crippen molar-refractivity contribution < 1.29 is 9.53 Å². The first-order valence-electron chi connectivity index (χ1n) is 6.32. The van der Waals surface area contributed by atoms with E-state index in [1.807, 2.05) is 24.3 Å². The van der Waals surface area contributed by atoms with Crippen molar-refractivity contribution >= 4 is 39.1 Å². The second-order valence-electron chi connectivity index (χ2n) is 4.74. The fourth-order valence-corrected chi connectivity index (χ4v) is 2.84. The summed E-state index contributed by atoms with van der Waals surface area (Å²) in [6.07, 6.45) is 0. The third-order valence-electron chi connectivity index (χ3n) is 3.29. The third-order valence-corrected chi connectivity index (χ3v) is 4.13. The Kier molecular flexibility index (Phi) is 3.89. The molecule has 1 aliphatic rings. The molecule has 4 nitrogen and oxygen atoms in total. The number of amides is 1. The van der Waals surface area contributed by atoms with E-state index in [0.29, 0.717) is 16.5 Å². The molecule has 21 heavy (non-hydrogen) atoms. The van der Waals surface area contributed by atoms with Gasteiger partial charge in [-0.25, -0.2) is 0 Å². The lowest BCUT2D eigenvalue weighted by Gasteiger charge is -2.21. The molecular formula is C15H12BrClN2O2. The first kappa shape index (κ1) is 14.4. The smallest absolute Gasteiger partial charge is 0.262 e. The number of hydrogen-bond acceptors (Lipinski definition) is 3. The Balaban J connectivity index is 1.98. The number of rotatable bonds is 2. The van der Waals surface area contributed by atoms with Gasteiger partial charge in [0.1, 0.15) is 5.75 Å². The van der Waals surface area contributed by atoms with E-state index in [2.05, 4.69) is 21.2 Å². The molecule has 0 radical (unpaired) electrons. The van der Waals surface area contributed by atoms with E-state index in [1.54, 1.807) is 12.1 Å². The summed E-state index contributed by atoms with van der Waals surface area (Å²) in [6.45, 7) is 0.0376. The van der Waals surface area contributed by atoms with Gasteiger partial charge < -0.3 is 15.8 Å². The van der Waals surface area contributed by atoms with Gasteiger partial charge in [-0.15, -0.1) is 0 Å². The van der Waals surface area contributed by atoms with Crippen molar-refractivity contribution in [1.82, 2.24) is 0 Å². The number of anilines is 1. The number of fused-ring (bicyclic) bond motifs is 1. The summed E-state index contributed by atoms with van der Waals surface area (Å²) in [4.78, 5) is 11.4. The Labute approximate surface area is 135 Å².